The van der Waals surface area contributed by atoms with Crippen LogP contribution in [-0.4, -0.2) is 57.2 Å². The fourth-order valence-electron chi connectivity index (χ4n) is 3.91. The van der Waals surface area contributed by atoms with E-state index in [1.807, 2.05) is 0 Å². The van der Waals surface area contributed by atoms with E-state index < -0.39 is 10.0 Å². The van der Waals surface area contributed by atoms with Crippen LogP contribution in [0.2, 0.25) is 0 Å². The van der Waals surface area contributed by atoms with Crippen molar-refractivity contribution in [2.45, 2.75) is 70.8 Å². The molecule has 0 radical (unpaired) electrons. The second kappa shape index (κ2) is 10.4. The fraction of sp³-hybridized carbons (Fsp3) is 0.944. The summed E-state index contributed by atoms with van der Waals surface area (Å²) in [4.78, 5) is 4.30. The molecule has 0 aromatic heterocycles. The first-order valence-corrected chi connectivity index (χ1v) is 11.6. The van der Waals surface area contributed by atoms with E-state index >= 15 is 0 Å². The molecule has 7 heteroatoms. The standard InChI is InChI=1S/C18H36N4O2S/c1-3-25(23,24)22-14-11-17(12-15-22)21-18(19-2)20-13-7-6-10-16-8-4-5-9-16/h16-17H,3-15H2,1-2H3,(H2,19,20,21). The molecular formula is C18H36N4O2S. The van der Waals surface area contributed by atoms with Gasteiger partial charge in [-0.1, -0.05) is 38.5 Å². The van der Waals surface area contributed by atoms with Gasteiger partial charge in [-0.15, -0.1) is 0 Å². The zero-order chi connectivity index (χ0) is 18.1. The van der Waals surface area contributed by atoms with Gasteiger partial charge in [-0.3, -0.25) is 4.99 Å². The number of aliphatic imine (C=N–C) groups is 1. The van der Waals surface area contributed by atoms with E-state index in [1.54, 1.807) is 18.3 Å². The Balaban J connectivity index is 1.60. The normalized spacial score (nSPS) is 21.6. The second-order valence-electron chi connectivity index (χ2n) is 7.36. The van der Waals surface area contributed by atoms with E-state index in [2.05, 4.69) is 15.6 Å². The Labute approximate surface area is 153 Å². The molecule has 2 aliphatic rings. The molecule has 2 fully saturated rings. The van der Waals surface area contributed by atoms with Crippen LogP contribution in [-0.2, 0) is 10.0 Å². The fourth-order valence-corrected chi connectivity index (χ4v) is 5.05. The number of rotatable bonds is 8. The highest BCUT2D eigenvalue weighted by Gasteiger charge is 2.26. The van der Waals surface area contributed by atoms with Crippen LogP contribution in [0.1, 0.15) is 64.7 Å². The lowest BCUT2D eigenvalue weighted by molar-refractivity contribution is 0.306. The molecular weight excluding hydrogens is 336 g/mol. The van der Waals surface area contributed by atoms with Crippen molar-refractivity contribution in [2.75, 3.05) is 32.4 Å². The Kier molecular flexibility index (Phi) is 8.49. The SMILES string of the molecule is CCS(=O)(=O)N1CCC(NC(=NC)NCCCCC2CCCC2)CC1. The summed E-state index contributed by atoms with van der Waals surface area (Å²) >= 11 is 0. The van der Waals surface area contributed by atoms with E-state index in [1.165, 1.54) is 44.9 Å². The molecule has 0 unspecified atom stereocenters. The smallest absolute Gasteiger partial charge is 0.213 e. The van der Waals surface area contributed by atoms with Crippen molar-refractivity contribution < 1.29 is 8.42 Å². The first-order chi connectivity index (χ1) is 12.0. The summed E-state index contributed by atoms with van der Waals surface area (Å²) in [5.74, 6) is 2.01. The van der Waals surface area contributed by atoms with Crippen LogP contribution in [0.5, 0.6) is 0 Å². The van der Waals surface area contributed by atoms with Crippen LogP contribution in [0.4, 0.5) is 0 Å². The van der Waals surface area contributed by atoms with Crippen molar-refractivity contribution in [3.63, 3.8) is 0 Å². The molecule has 0 amide bonds. The highest BCUT2D eigenvalue weighted by molar-refractivity contribution is 7.89. The lowest BCUT2D eigenvalue weighted by Gasteiger charge is -2.32. The van der Waals surface area contributed by atoms with Crippen molar-refractivity contribution in [1.82, 2.24) is 14.9 Å². The number of nitrogens with zero attached hydrogens (tertiary/aromatic N) is 2. The lowest BCUT2D eigenvalue weighted by atomic mass is 10.0. The van der Waals surface area contributed by atoms with Gasteiger partial charge in [-0.2, -0.15) is 0 Å². The molecule has 6 nitrogen and oxygen atoms in total. The van der Waals surface area contributed by atoms with E-state index in [4.69, 9.17) is 0 Å². The average molecular weight is 373 g/mol. The number of nitrogens with one attached hydrogen (secondary N) is 2. The topological polar surface area (TPSA) is 73.8 Å². The zero-order valence-corrected chi connectivity index (χ0v) is 16.8. The van der Waals surface area contributed by atoms with Crippen molar-refractivity contribution in [2.24, 2.45) is 10.9 Å². The number of piperidine rings is 1. The molecule has 0 spiro atoms. The maximum Gasteiger partial charge on any atom is 0.213 e. The van der Waals surface area contributed by atoms with Gasteiger partial charge < -0.3 is 10.6 Å². The highest BCUT2D eigenvalue weighted by atomic mass is 32.2. The predicted octanol–water partition coefficient (Wildman–Crippen LogP) is 2.33. The predicted molar refractivity (Wildman–Crippen MR) is 104 cm³/mol. The van der Waals surface area contributed by atoms with E-state index in [-0.39, 0.29) is 5.75 Å². The molecule has 1 saturated carbocycles. The van der Waals surface area contributed by atoms with Gasteiger partial charge >= 0.3 is 0 Å². The summed E-state index contributed by atoms with van der Waals surface area (Å²) in [5.41, 5.74) is 0. The van der Waals surface area contributed by atoms with Gasteiger partial charge in [-0.25, -0.2) is 12.7 Å². The molecule has 0 atom stereocenters. The molecule has 0 aromatic carbocycles. The van der Waals surface area contributed by atoms with Crippen molar-refractivity contribution in [1.29, 1.82) is 0 Å². The third-order valence-electron chi connectivity index (χ3n) is 5.58. The molecule has 1 aliphatic heterocycles. The molecule has 2 rings (SSSR count). The van der Waals surface area contributed by atoms with E-state index in [0.717, 1.165) is 31.3 Å². The number of hydrogen-bond acceptors (Lipinski definition) is 3. The van der Waals surface area contributed by atoms with Gasteiger partial charge in [0.05, 0.1) is 5.75 Å². The van der Waals surface area contributed by atoms with Gasteiger partial charge in [0.25, 0.3) is 0 Å². The summed E-state index contributed by atoms with van der Waals surface area (Å²) in [6, 6.07) is 0.299. The van der Waals surface area contributed by atoms with Gasteiger partial charge in [0, 0.05) is 32.7 Å². The third-order valence-corrected chi connectivity index (χ3v) is 7.46. The Morgan fingerprint density at radius 3 is 2.40 bits per heavy atom. The quantitative estimate of drug-likeness (QED) is 0.390. The van der Waals surface area contributed by atoms with Crippen LogP contribution in [0.15, 0.2) is 4.99 Å². The average Bonchev–Trinajstić information content (AvgIpc) is 3.14. The highest BCUT2D eigenvalue weighted by Crippen LogP contribution is 2.28. The molecule has 1 aliphatic carbocycles. The summed E-state index contributed by atoms with van der Waals surface area (Å²) < 4.78 is 25.4. The number of sulfonamides is 1. The number of hydrogen-bond donors (Lipinski definition) is 2. The Hall–Kier alpha value is -0.820. The Bertz CT molecular complexity index is 507. The summed E-state index contributed by atoms with van der Waals surface area (Å²) in [6.07, 6.45) is 11.2. The van der Waals surface area contributed by atoms with Crippen molar-refractivity contribution >= 4 is 16.0 Å². The van der Waals surface area contributed by atoms with Crippen LogP contribution in [0, 0.1) is 5.92 Å². The maximum atomic E-state index is 11.9. The molecule has 2 N–H and O–H groups in total. The molecule has 25 heavy (non-hydrogen) atoms. The van der Waals surface area contributed by atoms with Crippen LogP contribution >= 0.6 is 0 Å². The summed E-state index contributed by atoms with van der Waals surface area (Å²) in [5, 5.41) is 6.85. The summed E-state index contributed by atoms with van der Waals surface area (Å²) in [7, 11) is -1.25. The summed E-state index contributed by atoms with van der Waals surface area (Å²) in [6.45, 7) is 3.87. The van der Waals surface area contributed by atoms with Crippen molar-refractivity contribution in [3.05, 3.63) is 0 Å². The molecule has 0 aromatic rings. The second-order valence-corrected chi connectivity index (χ2v) is 9.62. The molecule has 1 saturated heterocycles. The number of guanidine groups is 1. The molecule has 0 bridgehead atoms. The van der Waals surface area contributed by atoms with Crippen molar-refractivity contribution in [3.8, 4) is 0 Å². The van der Waals surface area contributed by atoms with Gasteiger partial charge in [0.1, 0.15) is 0 Å². The largest absolute Gasteiger partial charge is 0.356 e. The first kappa shape index (κ1) is 20.5. The molecule has 1 heterocycles. The maximum absolute atomic E-state index is 11.9. The first-order valence-electron chi connectivity index (χ1n) is 10.00. The van der Waals surface area contributed by atoms with E-state index in [0.29, 0.717) is 19.1 Å². The van der Waals surface area contributed by atoms with Gasteiger partial charge in [0.2, 0.25) is 10.0 Å². The molecule has 146 valence electrons. The number of unbranched alkanes of at least 4 members (excludes halogenated alkanes) is 1. The minimum atomic E-state index is -3.05. The Morgan fingerprint density at radius 1 is 1.12 bits per heavy atom. The lowest BCUT2D eigenvalue weighted by Crippen LogP contribution is -2.50. The zero-order valence-electron chi connectivity index (χ0n) is 16.0. The monoisotopic (exact) mass is 372 g/mol. The van der Waals surface area contributed by atoms with Crippen LogP contribution in [0.3, 0.4) is 0 Å². The third kappa shape index (κ3) is 6.77. The van der Waals surface area contributed by atoms with E-state index in [9.17, 15) is 8.42 Å². The minimum Gasteiger partial charge on any atom is -0.356 e. The van der Waals surface area contributed by atoms with Crippen LogP contribution in [0.25, 0.3) is 0 Å². The van der Waals surface area contributed by atoms with Crippen LogP contribution < -0.4 is 10.6 Å². The van der Waals surface area contributed by atoms with Gasteiger partial charge in [-0.05, 0) is 32.1 Å². The minimum absolute atomic E-state index is 0.190. The Morgan fingerprint density at radius 2 is 1.80 bits per heavy atom. The van der Waals surface area contributed by atoms with Gasteiger partial charge in [0.15, 0.2) is 5.96 Å².